The van der Waals surface area contributed by atoms with Crippen LogP contribution in [0.15, 0.2) is 59.5 Å². The normalized spacial score (nSPS) is 11.5. The number of ether oxygens (including phenoxy) is 1. The van der Waals surface area contributed by atoms with E-state index in [0.29, 0.717) is 17.1 Å². The molecule has 0 aliphatic heterocycles. The number of carbonyl (C=O) groups excluding carboxylic acids is 1. The van der Waals surface area contributed by atoms with Gasteiger partial charge in [0.1, 0.15) is 5.00 Å². The van der Waals surface area contributed by atoms with Crippen LogP contribution in [-0.4, -0.2) is 28.0 Å². The number of unbranched alkanes of at least 4 members (excludes halogenated alkanes) is 1. The SMILES string of the molecule is CCCCN(c1cc2ccccc2s1)S(=O)(=O)c1ccc(C(=O)OC)cc1. The lowest BCUT2D eigenvalue weighted by Gasteiger charge is -2.22. The van der Waals surface area contributed by atoms with Gasteiger partial charge in [0.15, 0.2) is 0 Å². The Kier molecular flexibility index (Phi) is 5.82. The summed E-state index contributed by atoms with van der Waals surface area (Å²) in [5, 5.41) is 1.72. The number of carbonyl (C=O) groups is 1. The van der Waals surface area contributed by atoms with Gasteiger partial charge in [-0.05, 0) is 48.2 Å². The minimum absolute atomic E-state index is 0.156. The first-order valence-corrected chi connectivity index (χ1v) is 10.9. The highest BCUT2D eigenvalue weighted by Gasteiger charge is 2.26. The fourth-order valence-electron chi connectivity index (χ4n) is 2.75. The molecule has 7 heteroatoms. The number of anilines is 1. The van der Waals surface area contributed by atoms with Crippen molar-refractivity contribution in [1.29, 1.82) is 0 Å². The van der Waals surface area contributed by atoms with Crippen molar-refractivity contribution >= 4 is 42.4 Å². The van der Waals surface area contributed by atoms with Gasteiger partial charge in [-0.2, -0.15) is 0 Å². The number of hydrogen-bond acceptors (Lipinski definition) is 5. The third-order valence-electron chi connectivity index (χ3n) is 4.24. The van der Waals surface area contributed by atoms with Gasteiger partial charge in [-0.15, -0.1) is 11.3 Å². The zero-order chi connectivity index (χ0) is 19.4. The van der Waals surface area contributed by atoms with E-state index in [1.54, 1.807) is 0 Å². The van der Waals surface area contributed by atoms with Crippen molar-refractivity contribution in [2.24, 2.45) is 0 Å². The number of sulfonamides is 1. The molecule has 0 bridgehead atoms. The molecule has 3 rings (SSSR count). The monoisotopic (exact) mass is 403 g/mol. The summed E-state index contributed by atoms with van der Waals surface area (Å²) < 4.78 is 33.7. The summed E-state index contributed by atoms with van der Waals surface area (Å²) in [5.74, 6) is -0.494. The van der Waals surface area contributed by atoms with Gasteiger partial charge in [0.2, 0.25) is 0 Å². The van der Waals surface area contributed by atoms with E-state index in [4.69, 9.17) is 0 Å². The third kappa shape index (κ3) is 3.99. The molecule has 0 fully saturated rings. The van der Waals surface area contributed by atoms with Gasteiger partial charge in [-0.3, -0.25) is 4.31 Å². The van der Waals surface area contributed by atoms with Crippen LogP contribution in [0.5, 0.6) is 0 Å². The average molecular weight is 404 g/mol. The summed E-state index contributed by atoms with van der Waals surface area (Å²) in [6, 6.07) is 15.6. The molecular formula is C20H21NO4S2. The van der Waals surface area contributed by atoms with Gasteiger partial charge >= 0.3 is 5.97 Å². The molecule has 27 heavy (non-hydrogen) atoms. The molecule has 2 aromatic carbocycles. The molecular weight excluding hydrogens is 382 g/mol. The largest absolute Gasteiger partial charge is 0.465 e. The molecule has 0 aliphatic carbocycles. The summed E-state index contributed by atoms with van der Waals surface area (Å²) in [5.41, 5.74) is 0.318. The highest BCUT2D eigenvalue weighted by atomic mass is 32.2. The molecule has 0 atom stereocenters. The van der Waals surface area contributed by atoms with Gasteiger partial charge in [0.05, 0.1) is 17.6 Å². The van der Waals surface area contributed by atoms with Crippen molar-refractivity contribution in [3.05, 3.63) is 60.2 Å². The second kappa shape index (κ2) is 8.10. The number of hydrogen-bond donors (Lipinski definition) is 0. The predicted octanol–water partition coefficient (Wildman–Crippen LogP) is 4.68. The number of nitrogens with zero attached hydrogens (tertiary/aromatic N) is 1. The molecule has 0 saturated carbocycles. The molecule has 0 spiro atoms. The van der Waals surface area contributed by atoms with Crippen LogP contribution in [-0.2, 0) is 14.8 Å². The smallest absolute Gasteiger partial charge is 0.337 e. The van der Waals surface area contributed by atoms with E-state index >= 15 is 0 Å². The summed E-state index contributed by atoms with van der Waals surface area (Å²) in [4.78, 5) is 11.7. The van der Waals surface area contributed by atoms with E-state index in [0.717, 1.165) is 22.9 Å². The van der Waals surface area contributed by atoms with E-state index in [-0.39, 0.29) is 4.90 Å². The summed E-state index contributed by atoms with van der Waals surface area (Å²) >= 11 is 1.46. The molecule has 0 aliphatic rings. The molecule has 1 aromatic heterocycles. The van der Waals surface area contributed by atoms with Gasteiger partial charge in [0.25, 0.3) is 10.0 Å². The number of methoxy groups -OCH3 is 1. The number of rotatable bonds is 7. The topological polar surface area (TPSA) is 63.7 Å². The maximum atomic E-state index is 13.3. The molecule has 0 N–H and O–H groups in total. The van der Waals surface area contributed by atoms with Crippen LogP contribution in [0.1, 0.15) is 30.1 Å². The molecule has 1 heterocycles. The first kappa shape index (κ1) is 19.4. The molecule has 0 unspecified atom stereocenters. The Hall–Kier alpha value is -2.38. The molecule has 3 aromatic rings. The van der Waals surface area contributed by atoms with Crippen LogP contribution in [0.4, 0.5) is 5.00 Å². The van der Waals surface area contributed by atoms with Crippen LogP contribution in [0, 0.1) is 0 Å². The predicted molar refractivity (Wildman–Crippen MR) is 109 cm³/mol. The standard InChI is InChI=1S/C20H21NO4S2/c1-3-4-13-21(19-14-16-7-5-6-8-18(16)26-19)27(23,24)17-11-9-15(10-12-17)20(22)25-2/h5-12,14H,3-4,13H2,1-2H3. The quantitative estimate of drug-likeness (QED) is 0.537. The molecule has 0 radical (unpaired) electrons. The Balaban J connectivity index is 2.01. The highest BCUT2D eigenvalue weighted by molar-refractivity contribution is 7.93. The first-order valence-electron chi connectivity index (χ1n) is 8.67. The fraction of sp³-hybridized carbons (Fsp3) is 0.250. The zero-order valence-corrected chi connectivity index (χ0v) is 16.8. The number of benzene rings is 2. The molecule has 5 nitrogen and oxygen atoms in total. The van der Waals surface area contributed by atoms with Crippen molar-refractivity contribution in [3.63, 3.8) is 0 Å². The first-order chi connectivity index (χ1) is 13.0. The summed E-state index contributed by atoms with van der Waals surface area (Å²) in [7, 11) is -2.44. The maximum absolute atomic E-state index is 13.3. The summed E-state index contributed by atoms with van der Waals surface area (Å²) in [6.07, 6.45) is 1.64. The Morgan fingerprint density at radius 2 is 1.81 bits per heavy atom. The van der Waals surface area contributed by atoms with Crippen LogP contribution in [0.25, 0.3) is 10.1 Å². The Labute approximate surface area is 163 Å². The Bertz CT molecular complexity index is 1010. The second-order valence-electron chi connectivity index (χ2n) is 6.07. The van der Waals surface area contributed by atoms with Gasteiger partial charge in [-0.1, -0.05) is 31.5 Å². The lowest BCUT2D eigenvalue weighted by Crippen LogP contribution is -2.31. The van der Waals surface area contributed by atoms with Gasteiger partial charge in [-0.25, -0.2) is 13.2 Å². The van der Waals surface area contributed by atoms with Gasteiger partial charge < -0.3 is 4.74 Å². The van der Waals surface area contributed by atoms with E-state index < -0.39 is 16.0 Å². The maximum Gasteiger partial charge on any atom is 0.337 e. The van der Waals surface area contributed by atoms with Crippen molar-refractivity contribution < 1.29 is 17.9 Å². The van der Waals surface area contributed by atoms with Crippen molar-refractivity contribution in [2.75, 3.05) is 18.0 Å². The molecule has 0 amide bonds. The lowest BCUT2D eigenvalue weighted by molar-refractivity contribution is 0.0600. The van der Waals surface area contributed by atoms with Crippen LogP contribution in [0.2, 0.25) is 0 Å². The minimum Gasteiger partial charge on any atom is -0.465 e. The highest BCUT2D eigenvalue weighted by Crippen LogP contribution is 2.35. The Morgan fingerprint density at radius 3 is 2.44 bits per heavy atom. The summed E-state index contributed by atoms with van der Waals surface area (Å²) in [6.45, 7) is 2.44. The number of esters is 1. The second-order valence-corrected chi connectivity index (χ2v) is 8.99. The van der Waals surface area contributed by atoms with Crippen LogP contribution in [0.3, 0.4) is 0 Å². The minimum atomic E-state index is -3.73. The fourth-order valence-corrected chi connectivity index (χ4v) is 5.54. The average Bonchev–Trinajstić information content (AvgIpc) is 3.11. The van der Waals surface area contributed by atoms with Crippen LogP contribution < -0.4 is 4.31 Å². The third-order valence-corrected chi connectivity index (χ3v) is 7.32. The number of fused-ring (bicyclic) bond motifs is 1. The van der Waals surface area contributed by atoms with E-state index in [9.17, 15) is 13.2 Å². The molecule has 142 valence electrons. The lowest BCUT2D eigenvalue weighted by atomic mass is 10.2. The van der Waals surface area contributed by atoms with Crippen LogP contribution >= 0.6 is 11.3 Å². The van der Waals surface area contributed by atoms with Crippen molar-refractivity contribution in [1.82, 2.24) is 0 Å². The van der Waals surface area contributed by atoms with Crippen molar-refractivity contribution in [2.45, 2.75) is 24.7 Å². The van der Waals surface area contributed by atoms with Crippen molar-refractivity contribution in [3.8, 4) is 0 Å². The van der Waals surface area contributed by atoms with Gasteiger partial charge in [0, 0.05) is 11.2 Å². The Morgan fingerprint density at radius 1 is 1.11 bits per heavy atom. The van der Waals surface area contributed by atoms with E-state index in [2.05, 4.69) is 4.74 Å². The number of thiophene rings is 1. The van der Waals surface area contributed by atoms with E-state index in [1.807, 2.05) is 37.3 Å². The van der Waals surface area contributed by atoms with E-state index in [1.165, 1.54) is 47.0 Å². The molecule has 0 saturated heterocycles. The zero-order valence-electron chi connectivity index (χ0n) is 15.2.